The van der Waals surface area contributed by atoms with Crippen molar-refractivity contribution in [1.29, 1.82) is 0 Å². The summed E-state index contributed by atoms with van der Waals surface area (Å²) < 4.78 is 0. The van der Waals surface area contributed by atoms with E-state index in [1.54, 1.807) is 33.0 Å². The van der Waals surface area contributed by atoms with E-state index in [4.69, 9.17) is 5.11 Å². The van der Waals surface area contributed by atoms with E-state index in [0.29, 0.717) is 28.3 Å². The topological polar surface area (TPSA) is 108 Å². The third kappa shape index (κ3) is 3.07. The molecule has 0 aliphatic heterocycles. The molecular formula is C14H16N4O3. The van der Waals surface area contributed by atoms with Crippen molar-refractivity contribution in [1.82, 2.24) is 20.3 Å². The molecule has 0 atom stereocenters. The van der Waals surface area contributed by atoms with Crippen molar-refractivity contribution in [2.24, 2.45) is 0 Å². The molecule has 7 nitrogen and oxygen atoms in total. The van der Waals surface area contributed by atoms with Gasteiger partial charge in [-0.25, -0.2) is 14.8 Å². The zero-order valence-electron chi connectivity index (χ0n) is 12.0. The molecule has 1 amide bonds. The first kappa shape index (κ1) is 14.7. The number of carbonyl (C=O) groups is 2. The van der Waals surface area contributed by atoms with Crippen LogP contribution in [0.3, 0.4) is 0 Å². The van der Waals surface area contributed by atoms with Crippen molar-refractivity contribution in [3.8, 4) is 0 Å². The molecular weight excluding hydrogens is 272 g/mol. The van der Waals surface area contributed by atoms with Crippen molar-refractivity contribution in [3.05, 3.63) is 46.3 Å². The van der Waals surface area contributed by atoms with Crippen LogP contribution in [0.15, 0.2) is 12.3 Å². The predicted octanol–water partition coefficient (Wildman–Crippen LogP) is 1.36. The van der Waals surface area contributed by atoms with Gasteiger partial charge in [0.15, 0.2) is 0 Å². The lowest BCUT2D eigenvalue weighted by Crippen LogP contribution is -2.24. The lowest BCUT2D eigenvalue weighted by atomic mass is 10.1. The molecule has 2 rings (SSSR count). The third-order valence-electron chi connectivity index (χ3n) is 3.14. The van der Waals surface area contributed by atoms with Crippen LogP contribution in [0, 0.1) is 20.8 Å². The van der Waals surface area contributed by atoms with Crippen LogP contribution in [-0.4, -0.2) is 31.9 Å². The van der Waals surface area contributed by atoms with Gasteiger partial charge in [-0.3, -0.25) is 4.79 Å². The van der Waals surface area contributed by atoms with E-state index < -0.39 is 5.97 Å². The van der Waals surface area contributed by atoms with Crippen LogP contribution in [0.25, 0.3) is 0 Å². The summed E-state index contributed by atoms with van der Waals surface area (Å²) in [4.78, 5) is 34.1. The van der Waals surface area contributed by atoms with Crippen molar-refractivity contribution in [2.75, 3.05) is 0 Å². The molecule has 0 saturated heterocycles. The van der Waals surface area contributed by atoms with Crippen LogP contribution >= 0.6 is 0 Å². The number of aryl methyl sites for hydroxylation is 2. The zero-order chi connectivity index (χ0) is 15.6. The molecule has 2 aromatic rings. The Hall–Kier alpha value is -2.70. The Balaban J connectivity index is 2.16. The van der Waals surface area contributed by atoms with E-state index in [0.717, 1.165) is 0 Å². The van der Waals surface area contributed by atoms with Gasteiger partial charge in [0.05, 0.1) is 17.8 Å². The van der Waals surface area contributed by atoms with Gasteiger partial charge in [0, 0.05) is 11.9 Å². The number of carbonyl (C=O) groups excluding carboxylic acids is 1. The van der Waals surface area contributed by atoms with E-state index in [2.05, 4.69) is 20.3 Å². The first-order chi connectivity index (χ1) is 9.90. The summed E-state index contributed by atoms with van der Waals surface area (Å²) >= 11 is 0. The Morgan fingerprint density at radius 3 is 2.62 bits per heavy atom. The molecule has 0 aliphatic carbocycles. The van der Waals surface area contributed by atoms with Crippen molar-refractivity contribution < 1.29 is 14.7 Å². The number of rotatable bonds is 4. The maximum absolute atomic E-state index is 12.2. The summed E-state index contributed by atoms with van der Waals surface area (Å²) in [6, 6.07) is 1.72. The highest BCUT2D eigenvalue weighted by Crippen LogP contribution is 2.17. The fourth-order valence-electron chi connectivity index (χ4n) is 2.17. The van der Waals surface area contributed by atoms with E-state index in [-0.39, 0.29) is 18.1 Å². The Morgan fingerprint density at radius 1 is 1.33 bits per heavy atom. The minimum atomic E-state index is -1.08. The second-order valence-corrected chi connectivity index (χ2v) is 4.71. The van der Waals surface area contributed by atoms with Crippen LogP contribution in [0.4, 0.5) is 0 Å². The zero-order valence-corrected chi connectivity index (χ0v) is 12.0. The Bertz CT molecular complexity index is 706. The number of H-pyrrole nitrogens is 1. The molecule has 0 aliphatic rings. The van der Waals surface area contributed by atoms with Gasteiger partial charge in [-0.1, -0.05) is 0 Å². The number of nitrogens with one attached hydrogen (secondary N) is 2. The van der Waals surface area contributed by atoms with E-state index in [9.17, 15) is 9.59 Å². The predicted molar refractivity (Wildman–Crippen MR) is 75.2 cm³/mol. The quantitative estimate of drug-likeness (QED) is 0.787. The molecule has 110 valence electrons. The minimum Gasteiger partial charge on any atom is -0.477 e. The summed E-state index contributed by atoms with van der Waals surface area (Å²) in [6.07, 6.45) is 1.62. The van der Waals surface area contributed by atoms with Gasteiger partial charge in [0.25, 0.3) is 5.91 Å². The first-order valence-corrected chi connectivity index (χ1v) is 6.39. The molecule has 2 heterocycles. The lowest BCUT2D eigenvalue weighted by Gasteiger charge is -2.06. The summed E-state index contributed by atoms with van der Waals surface area (Å²) in [5, 5.41) is 11.8. The van der Waals surface area contributed by atoms with Gasteiger partial charge in [-0.05, 0) is 32.4 Å². The summed E-state index contributed by atoms with van der Waals surface area (Å²) in [5.41, 5.74) is 2.05. The second kappa shape index (κ2) is 5.74. The highest BCUT2D eigenvalue weighted by atomic mass is 16.4. The monoisotopic (exact) mass is 288 g/mol. The van der Waals surface area contributed by atoms with Gasteiger partial charge in [-0.15, -0.1) is 0 Å². The van der Waals surface area contributed by atoms with Gasteiger partial charge in [0.1, 0.15) is 11.5 Å². The molecule has 0 aromatic carbocycles. The van der Waals surface area contributed by atoms with E-state index in [1.165, 1.54) is 0 Å². The second-order valence-electron chi connectivity index (χ2n) is 4.71. The maximum Gasteiger partial charge on any atom is 0.352 e. The minimum absolute atomic E-state index is 0.0375. The van der Waals surface area contributed by atoms with Gasteiger partial charge in [-0.2, -0.15) is 0 Å². The molecule has 0 unspecified atom stereocenters. The average Bonchev–Trinajstić information content (AvgIpc) is 2.72. The third-order valence-corrected chi connectivity index (χ3v) is 3.14. The number of aromatic carboxylic acids is 1. The first-order valence-electron chi connectivity index (χ1n) is 6.39. The number of nitrogens with zero attached hydrogens (tertiary/aromatic N) is 2. The molecule has 0 radical (unpaired) electrons. The molecule has 0 spiro atoms. The molecule has 3 N–H and O–H groups in total. The Labute approximate surface area is 121 Å². The number of carboxylic acids is 1. The lowest BCUT2D eigenvalue weighted by molar-refractivity contribution is 0.0690. The smallest absolute Gasteiger partial charge is 0.352 e. The van der Waals surface area contributed by atoms with Crippen LogP contribution in [0.2, 0.25) is 0 Å². The number of amides is 1. The van der Waals surface area contributed by atoms with Crippen molar-refractivity contribution >= 4 is 11.9 Å². The summed E-state index contributed by atoms with van der Waals surface area (Å²) in [6.45, 7) is 5.31. The maximum atomic E-state index is 12.2. The van der Waals surface area contributed by atoms with Crippen LogP contribution in [0.5, 0.6) is 0 Å². The van der Waals surface area contributed by atoms with Crippen molar-refractivity contribution in [3.63, 3.8) is 0 Å². The average molecular weight is 288 g/mol. The van der Waals surface area contributed by atoms with Crippen molar-refractivity contribution in [2.45, 2.75) is 27.3 Å². The highest BCUT2D eigenvalue weighted by Gasteiger charge is 2.21. The standard InChI is InChI=1S/C14H16N4O3/c1-7-11(8(2)17-12(7)14(20)21)13(19)16-6-10-4-5-15-9(3)18-10/h4-5,17H,6H2,1-3H3,(H,16,19)(H,20,21). The Morgan fingerprint density at radius 2 is 2.05 bits per heavy atom. The number of hydrogen-bond acceptors (Lipinski definition) is 4. The summed E-state index contributed by atoms with van der Waals surface area (Å²) in [5.74, 6) is -0.782. The van der Waals surface area contributed by atoms with Gasteiger partial charge >= 0.3 is 5.97 Å². The molecule has 0 fully saturated rings. The molecule has 7 heteroatoms. The number of hydrogen-bond donors (Lipinski definition) is 3. The van der Waals surface area contributed by atoms with Crippen LogP contribution in [-0.2, 0) is 6.54 Å². The number of aromatic amines is 1. The van der Waals surface area contributed by atoms with E-state index >= 15 is 0 Å². The molecule has 0 saturated carbocycles. The van der Waals surface area contributed by atoms with Gasteiger partial charge < -0.3 is 15.4 Å². The normalized spacial score (nSPS) is 10.4. The Kier molecular flexibility index (Phi) is 4.02. The number of aromatic nitrogens is 3. The van der Waals surface area contributed by atoms with E-state index in [1.807, 2.05) is 0 Å². The SMILES string of the molecule is Cc1nccc(CNC(=O)c2c(C)[nH]c(C(=O)O)c2C)n1. The van der Waals surface area contributed by atoms with Gasteiger partial charge in [0.2, 0.25) is 0 Å². The van der Waals surface area contributed by atoms with Crippen LogP contribution in [0.1, 0.15) is 43.6 Å². The summed E-state index contributed by atoms with van der Waals surface area (Å²) in [7, 11) is 0. The number of carboxylic acid groups (broad SMARTS) is 1. The largest absolute Gasteiger partial charge is 0.477 e. The molecule has 2 aromatic heterocycles. The highest BCUT2D eigenvalue weighted by molar-refractivity contribution is 6.00. The molecule has 0 bridgehead atoms. The fourth-order valence-corrected chi connectivity index (χ4v) is 2.17. The van der Waals surface area contributed by atoms with Crippen LogP contribution < -0.4 is 5.32 Å². The fraction of sp³-hybridized carbons (Fsp3) is 0.286. The molecule has 21 heavy (non-hydrogen) atoms.